The Balaban J connectivity index is 0.000000491. The first kappa shape index (κ1) is 22.1. The van der Waals surface area contributed by atoms with Gasteiger partial charge in [-0.3, -0.25) is 0 Å². The summed E-state index contributed by atoms with van der Waals surface area (Å²) in [5, 5.41) is 17.5. The van der Waals surface area contributed by atoms with E-state index in [1.165, 1.54) is 0 Å². The molecule has 160 valence electrons. The van der Waals surface area contributed by atoms with Gasteiger partial charge in [-0.25, -0.2) is 19.2 Å². The van der Waals surface area contributed by atoms with Crippen molar-refractivity contribution in [3.05, 3.63) is 65.0 Å². The van der Waals surface area contributed by atoms with Crippen LogP contribution in [0.25, 0.3) is 22.4 Å². The Kier molecular flexibility index (Phi) is 7.09. The Morgan fingerprint density at radius 2 is 1.77 bits per heavy atom. The molecule has 0 amide bonds. The lowest BCUT2D eigenvalue weighted by Gasteiger charge is -2.03. The standard InChI is InChI=1S/C20H18N4OS.C2H3FO2/c1-12-5-4-6-18(21-12)23-20-22-17(11-26-20)15-7-9-16(10-8-15)19-13(2)24-25-14(19)3;3-1-2(4)5/h4-11H,1-3H3,(H,21,22,23);1H2,(H,4,5). The fourth-order valence-electron chi connectivity index (χ4n) is 2.89. The summed E-state index contributed by atoms with van der Waals surface area (Å²) in [5.41, 5.74) is 6.05. The van der Waals surface area contributed by atoms with Crippen LogP contribution in [0.4, 0.5) is 15.3 Å². The number of benzene rings is 1. The van der Waals surface area contributed by atoms with Crippen LogP contribution in [-0.4, -0.2) is 32.9 Å². The van der Waals surface area contributed by atoms with Crippen molar-refractivity contribution in [3.8, 4) is 22.4 Å². The van der Waals surface area contributed by atoms with Crippen LogP contribution in [-0.2, 0) is 4.79 Å². The fraction of sp³-hybridized carbons (Fsp3) is 0.182. The fourth-order valence-corrected chi connectivity index (χ4v) is 3.62. The highest BCUT2D eigenvalue weighted by atomic mass is 32.1. The van der Waals surface area contributed by atoms with Crippen molar-refractivity contribution in [3.63, 3.8) is 0 Å². The number of nitrogens with one attached hydrogen (secondary N) is 1. The molecule has 0 saturated carbocycles. The smallest absolute Gasteiger partial charge is 0.335 e. The Hall–Kier alpha value is -3.59. The van der Waals surface area contributed by atoms with Crippen LogP contribution in [0.1, 0.15) is 17.1 Å². The number of aryl methyl sites for hydroxylation is 3. The molecule has 0 aliphatic rings. The molecule has 9 heteroatoms. The highest BCUT2D eigenvalue weighted by molar-refractivity contribution is 7.14. The second-order valence-electron chi connectivity index (χ2n) is 6.63. The number of thiazole rings is 1. The average molecular weight is 441 g/mol. The van der Waals surface area contributed by atoms with E-state index in [1.54, 1.807) is 11.3 Å². The second kappa shape index (κ2) is 9.94. The zero-order valence-electron chi connectivity index (χ0n) is 17.2. The van der Waals surface area contributed by atoms with Crippen molar-refractivity contribution in [2.24, 2.45) is 0 Å². The number of aliphatic carboxylic acids is 1. The van der Waals surface area contributed by atoms with Gasteiger partial charge in [-0.05, 0) is 38.5 Å². The highest BCUT2D eigenvalue weighted by Crippen LogP contribution is 2.31. The van der Waals surface area contributed by atoms with Gasteiger partial charge in [-0.1, -0.05) is 35.5 Å². The minimum Gasteiger partial charge on any atom is -0.479 e. The molecule has 1 aromatic carbocycles. The maximum atomic E-state index is 10.5. The molecule has 31 heavy (non-hydrogen) atoms. The molecule has 4 rings (SSSR count). The number of carboxylic acid groups (broad SMARTS) is 1. The summed E-state index contributed by atoms with van der Waals surface area (Å²) < 4.78 is 15.8. The molecule has 7 nitrogen and oxygen atoms in total. The quantitative estimate of drug-likeness (QED) is 0.418. The van der Waals surface area contributed by atoms with Crippen LogP contribution >= 0.6 is 11.3 Å². The summed E-state index contributed by atoms with van der Waals surface area (Å²) in [5.74, 6) is 0.228. The minimum absolute atomic E-state index is 0.805. The second-order valence-corrected chi connectivity index (χ2v) is 7.49. The highest BCUT2D eigenvalue weighted by Gasteiger charge is 2.12. The number of aromatic nitrogens is 3. The Bertz CT molecular complexity index is 1150. The largest absolute Gasteiger partial charge is 0.479 e. The minimum atomic E-state index is -1.41. The predicted octanol–water partition coefficient (Wildman–Crippen LogP) is 5.57. The number of rotatable bonds is 5. The number of pyridine rings is 1. The van der Waals surface area contributed by atoms with E-state index in [1.807, 2.05) is 44.4 Å². The molecular formula is C22H21FN4O3S. The molecule has 0 saturated heterocycles. The topological polar surface area (TPSA) is 101 Å². The monoisotopic (exact) mass is 440 g/mol. The number of alkyl halides is 1. The van der Waals surface area contributed by atoms with Crippen molar-refractivity contribution in [2.75, 3.05) is 12.0 Å². The lowest BCUT2D eigenvalue weighted by Crippen LogP contribution is -1.93. The van der Waals surface area contributed by atoms with Crippen LogP contribution in [0.15, 0.2) is 52.4 Å². The van der Waals surface area contributed by atoms with E-state index in [0.717, 1.165) is 50.5 Å². The normalized spacial score (nSPS) is 10.3. The lowest BCUT2D eigenvalue weighted by molar-refractivity contribution is -0.137. The lowest BCUT2D eigenvalue weighted by atomic mass is 10.0. The van der Waals surface area contributed by atoms with Gasteiger partial charge in [0.2, 0.25) is 0 Å². The molecule has 0 unspecified atom stereocenters. The maximum absolute atomic E-state index is 10.5. The third-order valence-electron chi connectivity index (χ3n) is 4.24. The third kappa shape index (κ3) is 5.73. The molecule has 2 N–H and O–H groups in total. The molecular weight excluding hydrogens is 419 g/mol. The molecule has 0 aliphatic carbocycles. The molecule has 4 aromatic rings. The predicted molar refractivity (Wildman–Crippen MR) is 118 cm³/mol. The number of halogens is 1. The van der Waals surface area contributed by atoms with E-state index in [9.17, 15) is 4.39 Å². The Morgan fingerprint density at radius 3 is 2.35 bits per heavy atom. The molecule has 0 bridgehead atoms. The molecule has 0 atom stereocenters. The first-order valence-electron chi connectivity index (χ1n) is 9.35. The van der Waals surface area contributed by atoms with Gasteiger partial charge < -0.3 is 14.9 Å². The van der Waals surface area contributed by atoms with E-state index in [2.05, 4.69) is 44.7 Å². The SMILES string of the molecule is Cc1cccc(Nc2nc(-c3ccc(-c4c(C)noc4C)cc3)cs2)n1.O=C(O)CF. The maximum Gasteiger partial charge on any atom is 0.335 e. The van der Waals surface area contributed by atoms with Gasteiger partial charge in [0, 0.05) is 22.2 Å². The Morgan fingerprint density at radius 1 is 1.10 bits per heavy atom. The first-order valence-corrected chi connectivity index (χ1v) is 10.2. The number of carbonyl (C=O) groups is 1. The van der Waals surface area contributed by atoms with Crippen molar-refractivity contribution in [2.45, 2.75) is 20.8 Å². The van der Waals surface area contributed by atoms with Crippen molar-refractivity contribution in [1.29, 1.82) is 0 Å². The molecule has 0 fully saturated rings. The van der Waals surface area contributed by atoms with Gasteiger partial charge in [0.1, 0.15) is 11.6 Å². The summed E-state index contributed by atoms with van der Waals surface area (Å²) in [7, 11) is 0. The Labute approximate surface area is 182 Å². The number of carboxylic acids is 1. The molecule has 0 radical (unpaired) electrons. The van der Waals surface area contributed by atoms with E-state index < -0.39 is 12.6 Å². The number of nitrogens with zero attached hydrogens (tertiary/aromatic N) is 3. The number of anilines is 2. The summed E-state index contributed by atoms with van der Waals surface area (Å²) in [6.07, 6.45) is 0. The van der Waals surface area contributed by atoms with Gasteiger partial charge >= 0.3 is 5.97 Å². The van der Waals surface area contributed by atoms with Gasteiger partial charge in [0.05, 0.1) is 11.4 Å². The van der Waals surface area contributed by atoms with E-state index in [4.69, 9.17) is 14.4 Å². The van der Waals surface area contributed by atoms with Crippen molar-refractivity contribution in [1.82, 2.24) is 15.1 Å². The number of hydrogen-bond acceptors (Lipinski definition) is 7. The van der Waals surface area contributed by atoms with Gasteiger partial charge in [0.15, 0.2) is 11.8 Å². The van der Waals surface area contributed by atoms with E-state index in [-0.39, 0.29) is 0 Å². The van der Waals surface area contributed by atoms with Crippen LogP contribution in [0.3, 0.4) is 0 Å². The van der Waals surface area contributed by atoms with Crippen LogP contribution < -0.4 is 5.32 Å². The third-order valence-corrected chi connectivity index (χ3v) is 5.00. The zero-order valence-corrected chi connectivity index (χ0v) is 18.0. The van der Waals surface area contributed by atoms with Crippen molar-refractivity contribution >= 4 is 28.3 Å². The zero-order chi connectivity index (χ0) is 22.4. The van der Waals surface area contributed by atoms with Crippen LogP contribution in [0.5, 0.6) is 0 Å². The average Bonchev–Trinajstić information content (AvgIpc) is 3.35. The van der Waals surface area contributed by atoms with E-state index in [0.29, 0.717) is 0 Å². The number of hydrogen-bond donors (Lipinski definition) is 2. The van der Waals surface area contributed by atoms with E-state index >= 15 is 0 Å². The molecule has 3 aromatic heterocycles. The summed E-state index contributed by atoms with van der Waals surface area (Å²) in [6, 6.07) is 14.2. The summed E-state index contributed by atoms with van der Waals surface area (Å²) in [6.45, 7) is 4.58. The molecule has 0 spiro atoms. The molecule has 3 heterocycles. The van der Waals surface area contributed by atoms with Crippen LogP contribution in [0, 0.1) is 20.8 Å². The molecule has 0 aliphatic heterocycles. The van der Waals surface area contributed by atoms with Gasteiger partial charge in [-0.2, -0.15) is 0 Å². The van der Waals surface area contributed by atoms with Gasteiger partial charge in [0.25, 0.3) is 0 Å². The van der Waals surface area contributed by atoms with Gasteiger partial charge in [-0.15, -0.1) is 11.3 Å². The summed E-state index contributed by atoms with van der Waals surface area (Å²) in [4.78, 5) is 18.1. The summed E-state index contributed by atoms with van der Waals surface area (Å²) >= 11 is 1.56. The van der Waals surface area contributed by atoms with Crippen LogP contribution in [0.2, 0.25) is 0 Å². The van der Waals surface area contributed by atoms with Crippen molar-refractivity contribution < 1.29 is 18.8 Å². The first-order chi connectivity index (χ1) is 14.9.